The van der Waals surface area contributed by atoms with Crippen LogP contribution in [0.3, 0.4) is 0 Å². The molecule has 0 aromatic rings. The Kier molecular flexibility index (Phi) is 31.5. The number of aliphatic hydroxyl groups is 5. The topological polar surface area (TPSA) is 149 Å². The number of hydrogen-bond acceptors (Lipinski definition) is 8. The maximum Gasteiger partial charge on any atom is 0.220 e. The Hall–Kier alpha value is -1.07. The van der Waals surface area contributed by atoms with Crippen molar-refractivity contribution in [3.63, 3.8) is 0 Å². The highest BCUT2D eigenvalue weighted by Gasteiger charge is 2.44. The lowest BCUT2D eigenvalue weighted by molar-refractivity contribution is -0.302. The van der Waals surface area contributed by atoms with Crippen LogP contribution >= 0.6 is 0 Å². The van der Waals surface area contributed by atoms with Gasteiger partial charge in [-0.2, -0.15) is 0 Å². The lowest BCUT2D eigenvalue weighted by atomic mass is 9.99. The molecule has 1 aliphatic rings. The Morgan fingerprint density at radius 2 is 1.08 bits per heavy atom. The van der Waals surface area contributed by atoms with E-state index in [9.17, 15) is 30.3 Å². The van der Waals surface area contributed by atoms with E-state index in [1.54, 1.807) is 6.08 Å². The van der Waals surface area contributed by atoms with Crippen LogP contribution in [-0.4, -0.2) is 87.5 Å². The summed E-state index contributed by atoms with van der Waals surface area (Å²) in [6.07, 6.45) is 29.7. The van der Waals surface area contributed by atoms with Crippen LogP contribution < -0.4 is 5.32 Å². The molecule has 6 N–H and O–H groups in total. The summed E-state index contributed by atoms with van der Waals surface area (Å²) in [5.41, 5.74) is 0. The average molecular weight is 728 g/mol. The highest BCUT2D eigenvalue weighted by Crippen LogP contribution is 2.22. The van der Waals surface area contributed by atoms with Crippen LogP contribution in [0, 0.1) is 0 Å². The molecule has 0 bridgehead atoms. The van der Waals surface area contributed by atoms with Crippen molar-refractivity contribution in [2.45, 2.75) is 236 Å². The van der Waals surface area contributed by atoms with E-state index in [0.717, 1.165) is 38.5 Å². The van der Waals surface area contributed by atoms with Gasteiger partial charge in [0.2, 0.25) is 5.91 Å². The van der Waals surface area contributed by atoms with Crippen molar-refractivity contribution < 1.29 is 39.8 Å². The molecular weight excluding hydrogens is 646 g/mol. The van der Waals surface area contributed by atoms with Crippen LogP contribution in [0.2, 0.25) is 0 Å². The van der Waals surface area contributed by atoms with Gasteiger partial charge < -0.3 is 40.3 Å². The molecule has 0 aromatic heterocycles. The number of carbonyl (C=O) groups is 1. The van der Waals surface area contributed by atoms with Crippen molar-refractivity contribution in [3.05, 3.63) is 12.2 Å². The Labute approximate surface area is 312 Å². The third-order valence-corrected chi connectivity index (χ3v) is 10.4. The number of aliphatic hydroxyl groups excluding tert-OH is 5. The molecule has 0 spiro atoms. The zero-order chi connectivity index (χ0) is 37.4. The molecule has 7 atom stereocenters. The van der Waals surface area contributed by atoms with Crippen LogP contribution in [0.4, 0.5) is 0 Å². The van der Waals surface area contributed by atoms with Crippen molar-refractivity contribution in [1.29, 1.82) is 0 Å². The van der Waals surface area contributed by atoms with Gasteiger partial charge in [-0.3, -0.25) is 4.79 Å². The Bertz CT molecular complexity index is 812. The van der Waals surface area contributed by atoms with Crippen LogP contribution in [0.25, 0.3) is 0 Å². The van der Waals surface area contributed by atoms with E-state index in [4.69, 9.17) is 9.47 Å². The molecule has 1 amide bonds. The minimum Gasteiger partial charge on any atom is -0.394 e. The van der Waals surface area contributed by atoms with Gasteiger partial charge in [-0.15, -0.1) is 0 Å². The van der Waals surface area contributed by atoms with Crippen molar-refractivity contribution in [3.8, 4) is 0 Å². The molecule has 1 fully saturated rings. The minimum atomic E-state index is -1.56. The molecule has 302 valence electrons. The quantitative estimate of drug-likeness (QED) is 0.0283. The number of unbranched alkanes of at least 4 members (excludes halogenated alkanes) is 25. The number of rotatable bonds is 35. The molecule has 1 aliphatic heterocycles. The van der Waals surface area contributed by atoms with Gasteiger partial charge in [0.25, 0.3) is 0 Å². The van der Waals surface area contributed by atoms with E-state index < -0.39 is 49.5 Å². The fourth-order valence-electron chi connectivity index (χ4n) is 6.86. The zero-order valence-electron chi connectivity index (χ0n) is 32.9. The monoisotopic (exact) mass is 728 g/mol. The first kappa shape index (κ1) is 48.0. The summed E-state index contributed by atoms with van der Waals surface area (Å²) >= 11 is 0. The molecular formula is C42H81NO8. The number of carbonyl (C=O) groups excluding carboxylic acids is 1. The van der Waals surface area contributed by atoms with E-state index in [2.05, 4.69) is 19.2 Å². The number of nitrogens with one attached hydrogen (secondary N) is 1. The number of amides is 1. The molecule has 0 saturated carbocycles. The predicted molar refractivity (Wildman–Crippen MR) is 207 cm³/mol. The fourth-order valence-corrected chi connectivity index (χ4v) is 6.86. The first-order chi connectivity index (χ1) is 24.8. The lowest BCUT2D eigenvalue weighted by Gasteiger charge is -2.40. The minimum absolute atomic E-state index is 0.176. The molecule has 1 rings (SSSR count). The van der Waals surface area contributed by atoms with Crippen LogP contribution in [0.15, 0.2) is 12.2 Å². The Morgan fingerprint density at radius 1 is 0.647 bits per heavy atom. The molecule has 0 aliphatic carbocycles. The molecule has 9 heteroatoms. The molecule has 0 radical (unpaired) electrons. The third-order valence-electron chi connectivity index (χ3n) is 10.4. The van der Waals surface area contributed by atoms with E-state index in [1.165, 1.54) is 135 Å². The Balaban J connectivity index is 2.36. The lowest BCUT2D eigenvalue weighted by Crippen LogP contribution is -2.60. The largest absolute Gasteiger partial charge is 0.394 e. The van der Waals surface area contributed by atoms with Gasteiger partial charge in [0, 0.05) is 6.42 Å². The summed E-state index contributed by atoms with van der Waals surface area (Å²) in [6.45, 7) is 3.76. The summed E-state index contributed by atoms with van der Waals surface area (Å²) in [4.78, 5) is 12.9. The predicted octanol–water partition coefficient (Wildman–Crippen LogP) is 8.17. The van der Waals surface area contributed by atoms with Crippen molar-refractivity contribution >= 4 is 5.91 Å². The summed E-state index contributed by atoms with van der Waals surface area (Å²) < 4.78 is 11.2. The summed E-state index contributed by atoms with van der Waals surface area (Å²) in [7, 11) is 0. The SMILES string of the molecule is CCCCCCCCCCC/C=C/[C@@H](O)[C@H](CO[C@@H]1O[C@H](CO)[C@H](O)C(O)C1O)NC(=O)CCCCCCCCCCCCCCCCCCC. The van der Waals surface area contributed by atoms with E-state index in [0.29, 0.717) is 6.42 Å². The maximum absolute atomic E-state index is 12.9. The van der Waals surface area contributed by atoms with Gasteiger partial charge in [-0.05, 0) is 19.3 Å². The first-order valence-corrected chi connectivity index (χ1v) is 21.4. The van der Waals surface area contributed by atoms with Crippen LogP contribution in [0.5, 0.6) is 0 Å². The van der Waals surface area contributed by atoms with E-state index >= 15 is 0 Å². The number of ether oxygens (including phenoxy) is 2. The van der Waals surface area contributed by atoms with Crippen molar-refractivity contribution in [2.75, 3.05) is 13.2 Å². The van der Waals surface area contributed by atoms with Gasteiger partial charge in [0.05, 0.1) is 25.4 Å². The van der Waals surface area contributed by atoms with Gasteiger partial charge in [-0.25, -0.2) is 0 Å². The first-order valence-electron chi connectivity index (χ1n) is 21.4. The van der Waals surface area contributed by atoms with Crippen molar-refractivity contribution in [1.82, 2.24) is 5.32 Å². The second-order valence-electron chi connectivity index (χ2n) is 15.1. The zero-order valence-corrected chi connectivity index (χ0v) is 32.9. The van der Waals surface area contributed by atoms with Gasteiger partial charge in [0.1, 0.15) is 24.4 Å². The second kappa shape index (κ2) is 33.5. The average Bonchev–Trinajstić information content (AvgIpc) is 3.13. The standard InChI is InChI=1S/C42H81NO8/c1-3-5-7-9-11-13-15-16-17-18-19-20-22-24-26-28-30-32-38(46)43-35(34-50-42-41(49)40(48)39(47)37(33-44)51-42)36(45)31-29-27-25-23-21-14-12-10-8-6-4-2/h29,31,35-37,39-42,44-45,47-49H,3-28,30,32-34H2,1-2H3,(H,43,46)/b31-29+/t35-,36+,37+,39-,40?,41?,42+/m0/s1. The molecule has 0 aromatic carbocycles. The molecule has 1 saturated heterocycles. The highest BCUT2D eigenvalue weighted by molar-refractivity contribution is 5.76. The van der Waals surface area contributed by atoms with Gasteiger partial charge >= 0.3 is 0 Å². The molecule has 9 nitrogen and oxygen atoms in total. The molecule has 2 unspecified atom stereocenters. The van der Waals surface area contributed by atoms with E-state index in [-0.39, 0.29) is 12.5 Å². The van der Waals surface area contributed by atoms with Gasteiger partial charge in [0.15, 0.2) is 6.29 Å². The van der Waals surface area contributed by atoms with Crippen molar-refractivity contribution in [2.24, 2.45) is 0 Å². The fraction of sp³-hybridized carbons (Fsp3) is 0.929. The van der Waals surface area contributed by atoms with Gasteiger partial charge in [-0.1, -0.05) is 180 Å². The van der Waals surface area contributed by atoms with Crippen LogP contribution in [-0.2, 0) is 14.3 Å². The Morgan fingerprint density at radius 3 is 1.53 bits per heavy atom. The normalized spacial score (nSPS) is 22.1. The maximum atomic E-state index is 12.9. The second-order valence-corrected chi connectivity index (χ2v) is 15.1. The summed E-state index contributed by atoms with van der Waals surface area (Å²) in [5.74, 6) is -0.176. The third kappa shape index (κ3) is 24.8. The molecule has 1 heterocycles. The molecule has 51 heavy (non-hydrogen) atoms. The summed E-state index contributed by atoms with van der Waals surface area (Å²) in [5, 5.41) is 54.0. The van der Waals surface area contributed by atoms with Crippen LogP contribution in [0.1, 0.15) is 194 Å². The van der Waals surface area contributed by atoms with E-state index in [1.807, 2.05) is 6.08 Å². The smallest absolute Gasteiger partial charge is 0.220 e. The summed E-state index contributed by atoms with van der Waals surface area (Å²) in [6, 6.07) is -0.796. The highest BCUT2D eigenvalue weighted by atomic mass is 16.7. The number of hydrogen-bond donors (Lipinski definition) is 6. The number of allylic oxidation sites excluding steroid dienone is 1.